The average molecular weight is 347 g/mol. The van der Waals surface area contributed by atoms with E-state index in [-0.39, 0.29) is 17.3 Å². The Hall–Kier alpha value is -2.35. The van der Waals surface area contributed by atoms with Gasteiger partial charge in [-0.3, -0.25) is 18.8 Å². The maximum Gasteiger partial charge on any atom is 0.330 e. The molecule has 1 fully saturated rings. The van der Waals surface area contributed by atoms with Crippen LogP contribution in [-0.2, 0) is 27.7 Å². The van der Waals surface area contributed by atoms with Crippen molar-refractivity contribution >= 4 is 0 Å². The summed E-state index contributed by atoms with van der Waals surface area (Å²) in [6.07, 6.45) is 2.06. The van der Waals surface area contributed by atoms with E-state index in [0.29, 0.717) is 6.54 Å². The summed E-state index contributed by atoms with van der Waals surface area (Å²) in [5.41, 5.74) is 2.20. The molecule has 1 atom stereocenters. The van der Waals surface area contributed by atoms with E-state index in [2.05, 4.69) is 10.00 Å². The van der Waals surface area contributed by atoms with Gasteiger partial charge in [-0.2, -0.15) is 5.10 Å². The highest BCUT2D eigenvalue weighted by atomic mass is 16.5. The van der Waals surface area contributed by atoms with Crippen molar-refractivity contribution in [3.63, 3.8) is 0 Å². The van der Waals surface area contributed by atoms with Crippen LogP contribution >= 0.6 is 0 Å². The van der Waals surface area contributed by atoms with Gasteiger partial charge in [0.15, 0.2) is 0 Å². The summed E-state index contributed by atoms with van der Waals surface area (Å²) >= 11 is 0. The van der Waals surface area contributed by atoms with E-state index in [9.17, 15) is 9.59 Å². The van der Waals surface area contributed by atoms with Crippen LogP contribution in [0.3, 0.4) is 0 Å². The van der Waals surface area contributed by atoms with E-state index in [1.54, 1.807) is 29.5 Å². The summed E-state index contributed by atoms with van der Waals surface area (Å²) in [5.74, 6) is 0.771. The first-order chi connectivity index (χ1) is 11.8. The van der Waals surface area contributed by atoms with Crippen molar-refractivity contribution in [1.82, 2.24) is 23.8 Å². The Balaban J connectivity index is 1.97. The lowest BCUT2D eigenvalue weighted by Gasteiger charge is -2.25. The number of aryl methyl sites for hydroxylation is 2. The molecular formula is C17H25N5O3. The molecule has 2 aromatic rings. The standard InChI is InChI=1S/C17H25N5O3/c1-11-15(16(25-5)21(4)18-11)13-7-6-8-22(13)10-12-9-14(23)20(3)17(24)19(12)2/h9,13H,6-8,10H2,1-5H3/t13-/m1/s1. The molecule has 3 rings (SSSR count). The number of rotatable bonds is 4. The second-order valence-electron chi connectivity index (χ2n) is 6.63. The molecule has 2 aromatic heterocycles. The first kappa shape index (κ1) is 17.5. The van der Waals surface area contributed by atoms with E-state index in [4.69, 9.17) is 4.74 Å². The van der Waals surface area contributed by atoms with Gasteiger partial charge >= 0.3 is 5.69 Å². The molecule has 0 bridgehead atoms. The van der Waals surface area contributed by atoms with Crippen LogP contribution in [0.4, 0.5) is 0 Å². The molecule has 1 aliphatic heterocycles. The van der Waals surface area contributed by atoms with Crippen LogP contribution in [0.1, 0.15) is 35.8 Å². The molecule has 0 spiro atoms. The fourth-order valence-electron chi connectivity index (χ4n) is 3.76. The van der Waals surface area contributed by atoms with Crippen LogP contribution < -0.4 is 16.0 Å². The Labute approximate surface area is 146 Å². The van der Waals surface area contributed by atoms with Crippen molar-refractivity contribution in [3.8, 4) is 5.88 Å². The molecule has 0 saturated carbocycles. The molecule has 0 radical (unpaired) electrons. The van der Waals surface area contributed by atoms with Gasteiger partial charge in [0, 0.05) is 45.5 Å². The molecule has 3 heterocycles. The molecule has 1 aliphatic rings. The molecule has 136 valence electrons. The number of hydrogen-bond acceptors (Lipinski definition) is 5. The summed E-state index contributed by atoms with van der Waals surface area (Å²) in [7, 11) is 6.73. The van der Waals surface area contributed by atoms with E-state index in [1.807, 2.05) is 14.0 Å². The van der Waals surface area contributed by atoms with Gasteiger partial charge in [0.1, 0.15) is 0 Å². The van der Waals surface area contributed by atoms with Crippen molar-refractivity contribution in [2.24, 2.45) is 21.1 Å². The number of hydrogen-bond donors (Lipinski definition) is 0. The Bertz CT molecular complexity index is 908. The van der Waals surface area contributed by atoms with Crippen LogP contribution in [0.15, 0.2) is 15.7 Å². The summed E-state index contributed by atoms with van der Waals surface area (Å²) < 4.78 is 9.98. The molecule has 8 nitrogen and oxygen atoms in total. The minimum absolute atomic E-state index is 0.169. The van der Waals surface area contributed by atoms with Gasteiger partial charge < -0.3 is 4.74 Å². The lowest BCUT2D eigenvalue weighted by molar-refractivity contribution is 0.234. The SMILES string of the molecule is COc1c([C@H]2CCCN2Cc2cc(=O)n(C)c(=O)n2C)c(C)nn1C. The largest absolute Gasteiger partial charge is 0.481 e. The summed E-state index contributed by atoms with van der Waals surface area (Å²) in [6, 6.07) is 1.72. The number of aromatic nitrogens is 4. The number of nitrogens with zero attached hydrogens (tertiary/aromatic N) is 5. The second kappa shape index (κ2) is 6.51. The van der Waals surface area contributed by atoms with Gasteiger partial charge in [-0.05, 0) is 26.3 Å². The van der Waals surface area contributed by atoms with Crippen LogP contribution in [0.2, 0.25) is 0 Å². The number of methoxy groups -OCH3 is 1. The predicted molar refractivity (Wildman–Crippen MR) is 93.8 cm³/mol. The predicted octanol–water partition coefficient (Wildman–Crippen LogP) is 0.472. The third-order valence-corrected chi connectivity index (χ3v) is 5.09. The first-order valence-corrected chi connectivity index (χ1v) is 8.42. The van der Waals surface area contributed by atoms with Gasteiger partial charge in [0.2, 0.25) is 5.88 Å². The maximum atomic E-state index is 12.2. The summed E-state index contributed by atoms with van der Waals surface area (Å²) in [6.45, 7) is 3.44. The van der Waals surface area contributed by atoms with E-state index < -0.39 is 0 Å². The van der Waals surface area contributed by atoms with Gasteiger partial charge in [0.05, 0.1) is 18.4 Å². The molecule has 25 heavy (non-hydrogen) atoms. The summed E-state index contributed by atoms with van der Waals surface area (Å²) in [5, 5.41) is 4.48. The van der Waals surface area contributed by atoms with Crippen LogP contribution in [-0.4, -0.2) is 37.5 Å². The second-order valence-corrected chi connectivity index (χ2v) is 6.63. The zero-order valence-electron chi connectivity index (χ0n) is 15.4. The van der Waals surface area contributed by atoms with Crippen LogP contribution in [0, 0.1) is 6.92 Å². The van der Waals surface area contributed by atoms with E-state index in [1.165, 1.54) is 7.05 Å². The molecule has 1 saturated heterocycles. The third-order valence-electron chi connectivity index (χ3n) is 5.09. The van der Waals surface area contributed by atoms with Crippen molar-refractivity contribution in [1.29, 1.82) is 0 Å². The average Bonchev–Trinajstić information content (AvgIpc) is 3.13. The van der Waals surface area contributed by atoms with E-state index in [0.717, 1.165) is 46.8 Å². The fraction of sp³-hybridized carbons (Fsp3) is 0.588. The molecule has 0 aliphatic carbocycles. The minimum Gasteiger partial charge on any atom is -0.481 e. The van der Waals surface area contributed by atoms with Gasteiger partial charge in [-0.25, -0.2) is 9.48 Å². The van der Waals surface area contributed by atoms with Crippen molar-refractivity contribution in [2.75, 3.05) is 13.7 Å². The van der Waals surface area contributed by atoms with Crippen molar-refractivity contribution in [2.45, 2.75) is 32.4 Å². The molecule has 0 N–H and O–H groups in total. The minimum atomic E-state index is -0.298. The van der Waals surface area contributed by atoms with Gasteiger partial charge in [-0.1, -0.05) is 0 Å². The molecule has 0 amide bonds. The van der Waals surface area contributed by atoms with Crippen molar-refractivity contribution < 1.29 is 4.74 Å². The topological polar surface area (TPSA) is 74.3 Å². The van der Waals surface area contributed by atoms with Crippen LogP contribution in [0.5, 0.6) is 5.88 Å². The van der Waals surface area contributed by atoms with Gasteiger partial charge in [-0.15, -0.1) is 0 Å². The van der Waals surface area contributed by atoms with Crippen molar-refractivity contribution in [3.05, 3.63) is 43.9 Å². The maximum absolute atomic E-state index is 12.2. The fourth-order valence-corrected chi connectivity index (χ4v) is 3.76. The first-order valence-electron chi connectivity index (χ1n) is 8.42. The number of ether oxygens (including phenoxy) is 1. The highest BCUT2D eigenvalue weighted by molar-refractivity contribution is 5.35. The smallest absolute Gasteiger partial charge is 0.330 e. The Morgan fingerprint density at radius 1 is 1.24 bits per heavy atom. The molecule has 8 heteroatoms. The molecular weight excluding hydrogens is 322 g/mol. The van der Waals surface area contributed by atoms with E-state index >= 15 is 0 Å². The lowest BCUT2D eigenvalue weighted by atomic mass is 10.0. The Morgan fingerprint density at radius 3 is 2.64 bits per heavy atom. The van der Waals surface area contributed by atoms with Crippen LogP contribution in [0.25, 0.3) is 0 Å². The summed E-state index contributed by atoms with van der Waals surface area (Å²) in [4.78, 5) is 26.5. The highest BCUT2D eigenvalue weighted by Crippen LogP contribution is 2.39. The van der Waals surface area contributed by atoms with Gasteiger partial charge in [0.25, 0.3) is 5.56 Å². The molecule has 0 unspecified atom stereocenters. The lowest BCUT2D eigenvalue weighted by Crippen LogP contribution is -2.39. The Kier molecular flexibility index (Phi) is 4.55. The number of likely N-dealkylation sites (tertiary alicyclic amines) is 1. The zero-order valence-corrected chi connectivity index (χ0v) is 15.4. The normalized spacial score (nSPS) is 18.0. The zero-order chi connectivity index (χ0) is 18.3. The highest BCUT2D eigenvalue weighted by Gasteiger charge is 2.32. The molecule has 0 aromatic carbocycles. The quantitative estimate of drug-likeness (QED) is 0.804. The third kappa shape index (κ3) is 2.90. The monoisotopic (exact) mass is 347 g/mol. The Morgan fingerprint density at radius 2 is 1.96 bits per heavy atom.